The highest BCUT2D eigenvalue weighted by Gasteiger charge is 2.13. The number of carbonyl (C=O) groups is 1. The summed E-state index contributed by atoms with van der Waals surface area (Å²) in [5, 5.41) is 3.13. The second kappa shape index (κ2) is 6.13. The highest BCUT2D eigenvalue weighted by molar-refractivity contribution is 5.98. The van der Waals surface area contributed by atoms with Gasteiger partial charge in [-0.3, -0.25) is 4.79 Å². The summed E-state index contributed by atoms with van der Waals surface area (Å²) in [4.78, 5) is 22.8. The van der Waals surface area contributed by atoms with Gasteiger partial charge in [-0.25, -0.2) is 0 Å². The van der Waals surface area contributed by atoms with Crippen LogP contribution in [0.15, 0.2) is 53.7 Å². The van der Waals surface area contributed by atoms with Crippen LogP contribution in [0, 0.1) is 4.91 Å². The number of nitrogen functional groups attached to an aromatic ring is 1. The second-order valence-electron chi connectivity index (χ2n) is 4.79. The van der Waals surface area contributed by atoms with Crippen molar-refractivity contribution < 1.29 is 4.79 Å². The second-order valence-corrected chi connectivity index (χ2v) is 4.79. The number of allylic oxidation sites excluding steroid dienone is 1. The van der Waals surface area contributed by atoms with E-state index in [9.17, 15) is 9.70 Å². The molecule has 4 nitrogen and oxygen atoms in total. The Bertz CT molecular complexity index is 719. The van der Waals surface area contributed by atoms with E-state index in [0.29, 0.717) is 16.8 Å². The van der Waals surface area contributed by atoms with Gasteiger partial charge in [-0.15, -0.1) is 4.91 Å². The van der Waals surface area contributed by atoms with Gasteiger partial charge in [0.15, 0.2) is 5.78 Å². The lowest BCUT2D eigenvalue weighted by Gasteiger charge is -2.10. The fourth-order valence-corrected chi connectivity index (χ4v) is 2.12. The zero-order valence-electron chi connectivity index (χ0n) is 12.0. The summed E-state index contributed by atoms with van der Waals surface area (Å²) in [6, 6.07) is 14.3. The largest absolute Gasteiger partial charge is 0.398 e. The molecule has 0 aliphatic rings. The van der Waals surface area contributed by atoms with Crippen molar-refractivity contribution in [3.05, 3.63) is 70.1 Å². The standard InChI is InChI=1S/C17H16N2O2/c1-11(13-6-4-3-5-7-13)17(19-21)15-10-14(12(2)20)8-9-16(15)18/h3-10H,18H2,1-2H3/b17-11+. The number of hydrogen-bond donors (Lipinski definition) is 1. The normalized spacial score (nSPS) is 11.7. The van der Waals surface area contributed by atoms with Gasteiger partial charge in [0.25, 0.3) is 0 Å². The number of carbonyl (C=O) groups excluding carboxylic acids is 1. The highest BCUT2D eigenvalue weighted by Crippen LogP contribution is 2.31. The predicted octanol–water partition coefficient (Wildman–Crippen LogP) is 4.13. The fourth-order valence-electron chi connectivity index (χ4n) is 2.12. The number of nitroso groups, excluding NO2 is 1. The van der Waals surface area contributed by atoms with Gasteiger partial charge in [0.05, 0.1) is 0 Å². The third kappa shape index (κ3) is 3.05. The quantitative estimate of drug-likeness (QED) is 0.396. The summed E-state index contributed by atoms with van der Waals surface area (Å²) in [6.07, 6.45) is 0. The van der Waals surface area contributed by atoms with E-state index in [1.54, 1.807) is 18.2 Å². The van der Waals surface area contributed by atoms with Crippen LogP contribution < -0.4 is 5.73 Å². The molecule has 0 heterocycles. The van der Waals surface area contributed by atoms with Crippen molar-refractivity contribution in [1.82, 2.24) is 0 Å². The predicted molar refractivity (Wildman–Crippen MR) is 85.6 cm³/mol. The Morgan fingerprint density at radius 3 is 2.24 bits per heavy atom. The summed E-state index contributed by atoms with van der Waals surface area (Å²) in [5.41, 5.74) is 9.21. The lowest BCUT2D eigenvalue weighted by atomic mass is 9.98. The third-order valence-corrected chi connectivity index (χ3v) is 3.37. The zero-order valence-corrected chi connectivity index (χ0v) is 12.0. The van der Waals surface area contributed by atoms with Gasteiger partial charge in [-0.1, -0.05) is 30.3 Å². The van der Waals surface area contributed by atoms with Crippen molar-refractivity contribution in [2.24, 2.45) is 5.18 Å². The molecule has 0 aromatic heterocycles. The Morgan fingerprint density at radius 2 is 1.67 bits per heavy atom. The van der Waals surface area contributed by atoms with Crippen LogP contribution >= 0.6 is 0 Å². The molecule has 0 radical (unpaired) electrons. The maximum atomic E-state index is 11.5. The summed E-state index contributed by atoms with van der Waals surface area (Å²) in [6.45, 7) is 3.28. The van der Waals surface area contributed by atoms with Crippen molar-refractivity contribution in [1.29, 1.82) is 0 Å². The lowest BCUT2D eigenvalue weighted by molar-refractivity contribution is 0.101. The lowest BCUT2D eigenvalue weighted by Crippen LogP contribution is -1.99. The summed E-state index contributed by atoms with van der Waals surface area (Å²) >= 11 is 0. The van der Waals surface area contributed by atoms with Gasteiger partial charge in [0.1, 0.15) is 5.70 Å². The summed E-state index contributed by atoms with van der Waals surface area (Å²) in [7, 11) is 0. The van der Waals surface area contributed by atoms with Crippen molar-refractivity contribution in [3.63, 3.8) is 0 Å². The van der Waals surface area contributed by atoms with Crippen LogP contribution in [0.5, 0.6) is 0 Å². The summed E-state index contributed by atoms with van der Waals surface area (Å²) < 4.78 is 0. The Hall–Kier alpha value is -2.75. The molecule has 0 aliphatic heterocycles. The smallest absolute Gasteiger partial charge is 0.159 e. The van der Waals surface area contributed by atoms with E-state index in [4.69, 9.17) is 5.73 Å². The van der Waals surface area contributed by atoms with Crippen LogP contribution in [0.2, 0.25) is 0 Å². The molecule has 0 fully saturated rings. The molecule has 2 N–H and O–H groups in total. The monoisotopic (exact) mass is 280 g/mol. The van der Waals surface area contributed by atoms with E-state index in [1.165, 1.54) is 6.92 Å². The maximum absolute atomic E-state index is 11.5. The number of rotatable bonds is 4. The first-order valence-electron chi connectivity index (χ1n) is 6.55. The van der Waals surface area contributed by atoms with E-state index in [-0.39, 0.29) is 11.5 Å². The number of Topliss-reactive ketones (excluding diaryl/α,β-unsaturated/α-hetero) is 1. The first kappa shape index (κ1) is 14.7. The SMILES string of the molecule is CC(=O)c1ccc(N)c(/C(N=O)=C(/C)c2ccccc2)c1. The van der Waals surface area contributed by atoms with E-state index >= 15 is 0 Å². The Kier molecular flexibility index (Phi) is 4.28. The first-order valence-corrected chi connectivity index (χ1v) is 6.55. The van der Waals surface area contributed by atoms with Crippen LogP contribution in [-0.2, 0) is 0 Å². The first-order chi connectivity index (χ1) is 10.0. The van der Waals surface area contributed by atoms with Crippen molar-refractivity contribution >= 4 is 22.7 Å². The van der Waals surface area contributed by atoms with Crippen LogP contribution in [0.1, 0.15) is 35.3 Å². The van der Waals surface area contributed by atoms with Crippen LogP contribution in [-0.4, -0.2) is 5.78 Å². The molecule has 0 saturated heterocycles. The fraction of sp³-hybridized carbons (Fsp3) is 0.118. The van der Waals surface area contributed by atoms with Gasteiger partial charge in [-0.2, -0.15) is 0 Å². The molecule has 0 spiro atoms. The molecular formula is C17H16N2O2. The number of hydrogen-bond acceptors (Lipinski definition) is 4. The van der Waals surface area contributed by atoms with Crippen LogP contribution in [0.3, 0.4) is 0 Å². The van der Waals surface area contributed by atoms with E-state index < -0.39 is 0 Å². The van der Waals surface area contributed by atoms with E-state index in [1.807, 2.05) is 37.3 Å². The molecule has 2 aromatic carbocycles. The number of anilines is 1. The van der Waals surface area contributed by atoms with E-state index in [0.717, 1.165) is 11.1 Å². The molecule has 0 amide bonds. The molecule has 4 heteroatoms. The summed E-state index contributed by atoms with van der Waals surface area (Å²) in [5.74, 6) is -0.0844. The minimum absolute atomic E-state index is 0.0844. The van der Waals surface area contributed by atoms with Crippen molar-refractivity contribution in [2.45, 2.75) is 13.8 Å². The Balaban J connectivity index is 2.64. The molecule has 0 unspecified atom stereocenters. The number of benzene rings is 2. The number of nitrogens with zero attached hydrogens (tertiary/aromatic N) is 1. The van der Waals surface area contributed by atoms with Gasteiger partial charge in [-0.05, 0) is 48.4 Å². The third-order valence-electron chi connectivity index (χ3n) is 3.37. The maximum Gasteiger partial charge on any atom is 0.159 e. The molecular weight excluding hydrogens is 264 g/mol. The number of ketones is 1. The minimum atomic E-state index is -0.0844. The Morgan fingerprint density at radius 1 is 1.00 bits per heavy atom. The molecule has 2 rings (SSSR count). The number of nitrogens with two attached hydrogens (primary N) is 1. The molecule has 0 aliphatic carbocycles. The van der Waals surface area contributed by atoms with Gasteiger partial charge in [0, 0.05) is 16.8 Å². The average Bonchev–Trinajstić information content (AvgIpc) is 2.50. The topological polar surface area (TPSA) is 72.5 Å². The highest BCUT2D eigenvalue weighted by atomic mass is 16.3. The molecule has 2 aromatic rings. The van der Waals surface area contributed by atoms with Crippen LogP contribution in [0.25, 0.3) is 11.3 Å². The van der Waals surface area contributed by atoms with Crippen molar-refractivity contribution in [2.75, 3.05) is 5.73 Å². The van der Waals surface area contributed by atoms with Crippen molar-refractivity contribution in [3.8, 4) is 0 Å². The van der Waals surface area contributed by atoms with Crippen LogP contribution in [0.4, 0.5) is 5.69 Å². The minimum Gasteiger partial charge on any atom is -0.398 e. The molecule has 0 atom stereocenters. The Labute approximate surface area is 123 Å². The molecule has 0 bridgehead atoms. The van der Waals surface area contributed by atoms with Gasteiger partial charge >= 0.3 is 0 Å². The zero-order chi connectivity index (χ0) is 15.4. The molecule has 21 heavy (non-hydrogen) atoms. The molecule has 0 saturated carbocycles. The average molecular weight is 280 g/mol. The van der Waals surface area contributed by atoms with E-state index in [2.05, 4.69) is 5.18 Å². The molecule has 106 valence electrons. The van der Waals surface area contributed by atoms with Gasteiger partial charge < -0.3 is 5.73 Å². The van der Waals surface area contributed by atoms with Gasteiger partial charge in [0.2, 0.25) is 0 Å².